The molecule has 0 saturated carbocycles. The number of anilines is 1. The van der Waals surface area contributed by atoms with E-state index in [0.717, 1.165) is 32.0 Å². The first-order valence-electron chi connectivity index (χ1n) is 7.51. The highest BCUT2D eigenvalue weighted by Gasteiger charge is 2.36. The van der Waals surface area contributed by atoms with Crippen molar-refractivity contribution in [3.8, 4) is 6.07 Å². The van der Waals surface area contributed by atoms with Gasteiger partial charge in [0.15, 0.2) is 5.60 Å². The molecular formula is C16H18F3N3O2. The van der Waals surface area contributed by atoms with Crippen molar-refractivity contribution in [2.75, 3.05) is 25.0 Å². The summed E-state index contributed by atoms with van der Waals surface area (Å²) in [7, 11) is 0. The van der Waals surface area contributed by atoms with Gasteiger partial charge in [0.25, 0.3) is 5.91 Å². The van der Waals surface area contributed by atoms with Crippen LogP contribution in [0.15, 0.2) is 18.2 Å². The van der Waals surface area contributed by atoms with Crippen LogP contribution in [0, 0.1) is 11.3 Å². The summed E-state index contributed by atoms with van der Waals surface area (Å²) in [5, 5.41) is 21.4. The third-order valence-corrected chi connectivity index (χ3v) is 3.92. The highest BCUT2D eigenvalue weighted by molar-refractivity contribution is 5.97. The average molecular weight is 341 g/mol. The molecule has 5 nitrogen and oxygen atoms in total. The summed E-state index contributed by atoms with van der Waals surface area (Å²) in [4.78, 5) is 14.1. The zero-order chi connectivity index (χ0) is 18.0. The predicted molar refractivity (Wildman–Crippen MR) is 81.1 cm³/mol. The van der Waals surface area contributed by atoms with Crippen molar-refractivity contribution in [1.82, 2.24) is 4.90 Å². The molecule has 0 spiro atoms. The van der Waals surface area contributed by atoms with Crippen molar-refractivity contribution in [1.29, 1.82) is 5.26 Å². The van der Waals surface area contributed by atoms with E-state index in [1.807, 2.05) is 4.90 Å². The fraction of sp³-hybridized carbons (Fsp3) is 0.500. The van der Waals surface area contributed by atoms with Crippen molar-refractivity contribution in [2.45, 2.75) is 31.5 Å². The van der Waals surface area contributed by atoms with E-state index in [0.29, 0.717) is 6.07 Å². The van der Waals surface area contributed by atoms with Crippen LogP contribution in [-0.2, 0) is 11.0 Å². The molecule has 8 heteroatoms. The molecule has 0 aliphatic carbocycles. The van der Waals surface area contributed by atoms with E-state index in [9.17, 15) is 23.1 Å². The van der Waals surface area contributed by atoms with Gasteiger partial charge in [-0.2, -0.15) is 18.4 Å². The number of benzene rings is 1. The van der Waals surface area contributed by atoms with E-state index in [1.54, 1.807) is 0 Å². The molecule has 1 heterocycles. The second-order valence-corrected chi connectivity index (χ2v) is 6.08. The van der Waals surface area contributed by atoms with Gasteiger partial charge in [0.05, 0.1) is 17.2 Å². The van der Waals surface area contributed by atoms with E-state index in [-0.39, 0.29) is 12.2 Å². The summed E-state index contributed by atoms with van der Waals surface area (Å²) in [5.41, 5.74) is -3.49. The number of carbonyl (C=O) groups excluding carboxylic acids is 1. The van der Waals surface area contributed by atoms with Crippen LogP contribution in [-0.4, -0.2) is 41.1 Å². The van der Waals surface area contributed by atoms with Crippen molar-refractivity contribution in [2.24, 2.45) is 0 Å². The van der Waals surface area contributed by atoms with Gasteiger partial charge in [0, 0.05) is 12.2 Å². The van der Waals surface area contributed by atoms with Crippen LogP contribution in [0.2, 0.25) is 0 Å². The Balaban J connectivity index is 2.15. The maximum Gasteiger partial charge on any atom is 0.417 e. The summed E-state index contributed by atoms with van der Waals surface area (Å²) < 4.78 is 38.8. The summed E-state index contributed by atoms with van der Waals surface area (Å²) in [6.07, 6.45) is -2.73. The molecule has 1 amide bonds. The number of β-amino-alcohol motifs (C(OH)–C–C–N with tert-alkyl or cyclic N) is 1. The molecular weight excluding hydrogens is 323 g/mol. The normalized spacial score (nSPS) is 18.0. The number of carbonyl (C=O) groups is 1. The molecule has 1 aromatic carbocycles. The Morgan fingerprint density at radius 1 is 1.38 bits per heavy atom. The number of hydrogen-bond donors (Lipinski definition) is 2. The first-order valence-corrected chi connectivity index (χ1v) is 7.51. The molecule has 1 aliphatic heterocycles. The zero-order valence-electron chi connectivity index (χ0n) is 13.2. The summed E-state index contributed by atoms with van der Waals surface area (Å²) in [6.45, 7) is 2.99. The van der Waals surface area contributed by atoms with Crippen molar-refractivity contribution in [3.05, 3.63) is 29.3 Å². The maximum atomic E-state index is 12.9. The molecule has 1 fully saturated rings. The van der Waals surface area contributed by atoms with E-state index < -0.39 is 28.8 Å². The number of likely N-dealkylation sites (tertiary alicyclic amines) is 1. The van der Waals surface area contributed by atoms with Crippen LogP contribution in [0.5, 0.6) is 0 Å². The zero-order valence-corrected chi connectivity index (χ0v) is 13.2. The number of hydrogen-bond acceptors (Lipinski definition) is 4. The van der Waals surface area contributed by atoms with Crippen molar-refractivity contribution >= 4 is 11.6 Å². The third-order valence-electron chi connectivity index (χ3n) is 3.92. The Bertz CT molecular complexity index is 660. The van der Waals surface area contributed by atoms with Gasteiger partial charge in [0.2, 0.25) is 0 Å². The molecule has 2 N–H and O–H groups in total. The molecule has 1 saturated heterocycles. The van der Waals surface area contributed by atoms with E-state index in [1.165, 1.54) is 19.1 Å². The van der Waals surface area contributed by atoms with Crippen LogP contribution >= 0.6 is 0 Å². The van der Waals surface area contributed by atoms with E-state index in [4.69, 9.17) is 5.26 Å². The number of halogens is 3. The summed E-state index contributed by atoms with van der Waals surface area (Å²) >= 11 is 0. The molecule has 1 aromatic rings. The van der Waals surface area contributed by atoms with Gasteiger partial charge >= 0.3 is 6.18 Å². The van der Waals surface area contributed by atoms with Gasteiger partial charge in [-0.15, -0.1) is 0 Å². The quantitative estimate of drug-likeness (QED) is 0.881. The number of amides is 1. The molecule has 0 radical (unpaired) electrons. The highest BCUT2D eigenvalue weighted by Crippen LogP contribution is 2.33. The minimum absolute atomic E-state index is 0.112. The largest absolute Gasteiger partial charge is 0.417 e. The number of nitrogens with zero attached hydrogens (tertiary/aromatic N) is 2. The molecule has 1 aliphatic rings. The number of alkyl halides is 3. The third kappa shape index (κ3) is 4.24. The Hall–Kier alpha value is -2.11. The Morgan fingerprint density at radius 3 is 2.54 bits per heavy atom. The van der Waals surface area contributed by atoms with Crippen molar-refractivity contribution < 1.29 is 23.1 Å². The SMILES string of the molecule is CC(O)(CN1CCCC1)C(=O)Nc1ccc(C#N)c(C(F)(F)F)c1. The maximum absolute atomic E-state index is 12.9. The van der Waals surface area contributed by atoms with Gasteiger partial charge < -0.3 is 10.4 Å². The molecule has 24 heavy (non-hydrogen) atoms. The predicted octanol–water partition coefficient (Wildman–Crippen LogP) is 2.36. The minimum Gasteiger partial charge on any atom is -0.379 e. The lowest BCUT2D eigenvalue weighted by atomic mass is 10.0. The van der Waals surface area contributed by atoms with Gasteiger partial charge in [-0.3, -0.25) is 9.69 Å². The Morgan fingerprint density at radius 2 is 2.00 bits per heavy atom. The smallest absolute Gasteiger partial charge is 0.379 e. The van der Waals surface area contributed by atoms with Crippen molar-refractivity contribution in [3.63, 3.8) is 0 Å². The molecule has 0 aromatic heterocycles. The molecule has 2 rings (SSSR count). The van der Waals surface area contributed by atoms with Gasteiger partial charge in [-0.05, 0) is 51.1 Å². The van der Waals surface area contributed by atoms with Gasteiger partial charge in [0.1, 0.15) is 0 Å². The Kier molecular flexibility index (Phi) is 5.16. The fourth-order valence-corrected chi connectivity index (χ4v) is 2.67. The first-order chi connectivity index (χ1) is 11.1. The minimum atomic E-state index is -4.70. The standard InChI is InChI=1S/C16H18F3N3O2/c1-15(24,10-22-6-2-3-7-22)14(23)21-12-5-4-11(9-20)13(8-12)16(17,18)19/h4-5,8,24H,2-3,6-7,10H2,1H3,(H,21,23). The second kappa shape index (κ2) is 6.79. The summed E-state index contributed by atoms with van der Waals surface area (Å²) in [5.74, 6) is -0.785. The van der Waals surface area contributed by atoms with Gasteiger partial charge in [-0.1, -0.05) is 0 Å². The molecule has 130 valence electrons. The van der Waals surface area contributed by atoms with E-state index in [2.05, 4.69) is 5.32 Å². The Labute approximate surface area is 137 Å². The van der Waals surface area contributed by atoms with Crippen LogP contribution in [0.3, 0.4) is 0 Å². The van der Waals surface area contributed by atoms with Crippen LogP contribution in [0.4, 0.5) is 18.9 Å². The lowest BCUT2D eigenvalue weighted by molar-refractivity contribution is -0.138. The lowest BCUT2D eigenvalue weighted by Crippen LogP contribution is -2.48. The molecule has 0 bridgehead atoms. The average Bonchev–Trinajstić information content (AvgIpc) is 2.98. The van der Waals surface area contributed by atoms with Crippen LogP contribution in [0.25, 0.3) is 0 Å². The summed E-state index contributed by atoms with van der Waals surface area (Å²) in [6, 6.07) is 4.37. The monoisotopic (exact) mass is 341 g/mol. The topological polar surface area (TPSA) is 76.4 Å². The number of aliphatic hydroxyl groups is 1. The second-order valence-electron chi connectivity index (χ2n) is 6.08. The molecule has 1 unspecified atom stereocenters. The van der Waals surface area contributed by atoms with Gasteiger partial charge in [-0.25, -0.2) is 0 Å². The number of nitrogens with one attached hydrogen (secondary N) is 1. The fourth-order valence-electron chi connectivity index (χ4n) is 2.67. The highest BCUT2D eigenvalue weighted by atomic mass is 19.4. The lowest BCUT2D eigenvalue weighted by Gasteiger charge is -2.27. The van der Waals surface area contributed by atoms with Crippen LogP contribution in [0.1, 0.15) is 30.9 Å². The first kappa shape index (κ1) is 18.2. The van der Waals surface area contributed by atoms with E-state index >= 15 is 0 Å². The number of nitriles is 1. The van der Waals surface area contributed by atoms with Crippen LogP contribution < -0.4 is 5.32 Å². The molecule has 1 atom stereocenters. The number of rotatable bonds is 4.